The molecule has 6 heteroatoms. The summed E-state index contributed by atoms with van der Waals surface area (Å²) in [5, 5.41) is 3.37. The zero-order valence-corrected chi connectivity index (χ0v) is 14.2. The largest absolute Gasteiger partial charge is 0.494 e. The maximum atomic E-state index is 11.9. The number of amides is 1. The minimum absolute atomic E-state index is 0.130. The molecule has 0 aliphatic carbocycles. The molecule has 0 heterocycles. The van der Waals surface area contributed by atoms with Gasteiger partial charge in [0.15, 0.2) is 0 Å². The van der Waals surface area contributed by atoms with Crippen molar-refractivity contribution < 1.29 is 9.53 Å². The van der Waals surface area contributed by atoms with Gasteiger partial charge in [0.05, 0.1) is 22.3 Å². The molecule has 0 spiro atoms. The zero-order valence-electron chi connectivity index (χ0n) is 12.7. The second kappa shape index (κ2) is 8.09. The molecule has 23 heavy (non-hydrogen) atoms. The van der Waals surface area contributed by atoms with Gasteiger partial charge in [0.25, 0.3) is 0 Å². The molecule has 0 saturated heterocycles. The van der Waals surface area contributed by atoms with Crippen molar-refractivity contribution in [2.24, 2.45) is 0 Å². The highest BCUT2D eigenvalue weighted by Crippen LogP contribution is 2.31. The first-order valence-electron chi connectivity index (χ1n) is 7.19. The number of carbonyl (C=O) groups is 1. The van der Waals surface area contributed by atoms with E-state index in [0.29, 0.717) is 40.9 Å². The molecule has 0 fully saturated rings. The van der Waals surface area contributed by atoms with Crippen LogP contribution in [0.5, 0.6) is 5.75 Å². The van der Waals surface area contributed by atoms with Crippen molar-refractivity contribution in [2.45, 2.75) is 19.8 Å². The quantitative estimate of drug-likeness (QED) is 0.585. The molecule has 122 valence electrons. The average Bonchev–Trinajstić information content (AvgIpc) is 2.49. The predicted octanol–water partition coefficient (Wildman–Crippen LogP) is 4.68. The first kappa shape index (κ1) is 17.4. The van der Waals surface area contributed by atoms with Gasteiger partial charge in [0, 0.05) is 12.1 Å². The molecule has 0 aliphatic rings. The predicted molar refractivity (Wildman–Crippen MR) is 95.4 cm³/mol. The van der Waals surface area contributed by atoms with Gasteiger partial charge in [-0.15, -0.1) is 0 Å². The lowest BCUT2D eigenvalue weighted by Crippen LogP contribution is -2.13. The monoisotopic (exact) mass is 352 g/mol. The fraction of sp³-hybridized carbons (Fsp3) is 0.235. The van der Waals surface area contributed by atoms with Crippen molar-refractivity contribution in [1.29, 1.82) is 0 Å². The van der Waals surface area contributed by atoms with E-state index in [1.165, 1.54) is 0 Å². The summed E-state index contributed by atoms with van der Waals surface area (Å²) in [5.74, 6) is 0.678. The van der Waals surface area contributed by atoms with Gasteiger partial charge in [-0.2, -0.15) is 0 Å². The Morgan fingerprint density at radius 1 is 1.22 bits per heavy atom. The van der Waals surface area contributed by atoms with Crippen molar-refractivity contribution in [3.05, 3.63) is 52.0 Å². The maximum absolute atomic E-state index is 11.9. The Bertz CT molecular complexity index is 682. The number of nitrogens with one attached hydrogen (secondary N) is 1. The molecule has 1 amide bonds. The van der Waals surface area contributed by atoms with E-state index in [2.05, 4.69) is 5.32 Å². The van der Waals surface area contributed by atoms with Crippen LogP contribution in [-0.4, -0.2) is 12.5 Å². The highest BCUT2D eigenvalue weighted by atomic mass is 35.5. The molecule has 2 aromatic rings. The first-order valence-corrected chi connectivity index (χ1v) is 7.95. The van der Waals surface area contributed by atoms with Crippen LogP contribution in [0, 0.1) is 6.92 Å². The normalized spacial score (nSPS) is 10.4. The first-order chi connectivity index (χ1) is 11.0. The zero-order chi connectivity index (χ0) is 16.8. The van der Waals surface area contributed by atoms with Crippen molar-refractivity contribution in [1.82, 2.24) is 0 Å². The van der Waals surface area contributed by atoms with Crippen LogP contribution in [0.3, 0.4) is 0 Å². The van der Waals surface area contributed by atoms with Gasteiger partial charge in [0.2, 0.25) is 5.91 Å². The van der Waals surface area contributed by atoms with E-state index in [0.717, 1.165) is 11.3 Å². The Morgan fingerprint density at radius 2 is 1.91 bits per heavy atom. The number of carbonyl (C=O) groups excluding carboxylic acids is 1. The summed E-state index contributed by atoms with van der Waals surface area (Å²) in [4.78, 5) is 11.9. The molecule has 3 N–H and O–H groups in total. The van der Waals surface area contributed by atoms with Crippen LogP contribution >= 0.6 is 23.2 Å². The Labute approximate surface area is 145 Å². The van der Waals surface area contributed by atoms with Gasteiger partial charge in [-0.1, -0.05) is 35.3 Å². The molecule has 2 rings (SSSR count). The Morgan fingerprint density at radius 3 is 2.57 bits per heavy atom. The van der Waals surface area contributed by atoms with Crippen molar-refractivity contribution >= 4 is 40.5 Å². The van der Waals surface area contributed by atoms with Crippen LogP contribution in [0.15, 0.2) is 36.4 Å². The number of halogens is 2. The second-order valence-corrected chi connectivity index (χ2v) is 5.98. The van der Waals surface area contributed by atoms with Crippen molar-refractivity contribution in [2.75, 3.05) is 17.7 Å². The summed E-state index contributed by atoms with van der Waals surface area (Å²) < 4.78 is 5.60. The van der Waals surface area contributed by atoms with E-state index in [9.17, 15) is 4.79 Å². The fourth-order valence-corrected chi connectivity index (χ4v) is 2.49. The molecule has 0 unspecified atom stereocenters. The van der Waals surface area contributed by atoms with E-state index in [-0.39, 0.29) is 5.91 Å². The number of hydrogen-bond donors (Lipinski definition) is 2. The van der Waals surface area contributed by atoms with Crippen molar-refractivity contribution in [3.63, 3.8) is 0 Å². The summed E-state index contributed by atoms with van der Waals surface area (Å²) in [7, 11) is 0. The summed E-state index contributed by atoms with van der Waals surface area (Å²) in [6.07, 6.45) is 0.946. The van der Waals surface area contributed by atoms with Crippen LogP contribution in [0.2, 0.25) is 10.0 Å². The number of hydrogen-bond acceptors (Lipinski definition) is 3. The minimum Gasteiger partial charge on any atom is -0.494 e. The summed E-state index contributed by atoms with van der Waals surface area (Å²) in [6.45, 7) is 2.48. The van der Waals surface area contributed by atoms with Crippen LogP contribution in [0.25, 0.3) is 0 Å². The van der Waals surface area contributed by atoms with Crippen molar-refractivity contribution in [3.8, 4) is 5.75 Å². The number of ether oxygens (including phenoxy) is 1. The summed E-state index contributed by atoms with van der Waals surface area (Å²) >= 11 is 11.9. The lowest BCUT2D eigenvalue weighted by atomic mass is 10.2. The van der Waals surface area contributed by atoms with E-state index >= 15 is 0 Å². The molecular weight excluding hydrogens is 335 g/mol. The van der Waals surface area contributed by atoms with Crippen LogP contribution in [-0.2, 0) is 4.79 Å². The topological polar surface area (TPSA) is 64.3 Å². The van der Waals surface area contributed by atoms with Gasteiger partial charge in [0.1, 0.15) is 5.75 Å². The number of nitrogens with two attached hydrogens (primary N) is 1. The van der Waals surface area contributed by atoms with Gasteiger partial charge in [-0.05, 0) is 43.2 Å². The smallest absolute Gasteiger partial charge is 0.224 e. The number of aryl methyl sites for hydroxylation is 1. The number of benzene rings is 2. The van der Waals surface area contributed by atoms with E-state index in [1.54, 1.807) is 12.1 Å². The molecule has 0 atom stereocenters. The van der Waals surface area contributed by atoms with Crippen LogP contribution in [0.1, 0.15) is 18.4 Å². The number of rotatable bonds is 6. The lowest BCUT2D eigenvalue weighted by molar-refractivity contribution is -0.116. The Kier molecular flexibility index (Phi) is 6.13. The molecule has 0 bridgehead atoms. The summed E-state index contributed by atoms with van der Waals surface area (Å²) in [5.41, 5.74) is 7.62. The Balaban J connectivity index is 1.77. The van der Waals surface area contributed by atoms with Gasteiger partial charge in [-0.3, -0.25) is 4.79 Å². The third-order valence-electron chi connectivity index (χ3n) is 3.17. The Hall–Kier alpha value is -1.91. The summed E-state index contributed by atoms with van der Waals surface area (Å²) in [6, 6.07) is 10.9. The van der Waals surface area contributed by atoms with E-state index in [4.69, 9.17) is 33.7 Å². The SMILES string of the molecule is Cc1cccc(OCCCC(=O)Nc2cc(Cl)c(N)c(Cl)c2)c1. The number of anilines is 2. The molecule has 0 aliphatic heterocycles. The van der Waals surface area contributed by atoms with Gasteiger partial charge in [-0.25, -0.2) is 0 Å². The molecule has 4 nitrogen and oxygen atoms in total. The van der Waals surface area contributed by atoms with Crippen LogP contribution in [0.4, 0.5) is 11.4 Å². The van der Waals surface area contributed by atoms with Crippen LogP contribution < -0.4 is 15.8 Å². The lowest BCUT2D eigenvalue weighted by Gasteiger charge is -2.09. The molecular formula is C17H18Cl2N2O2. The molecule has 0 aromatic heterocycles. The molecule has 2 aromatic carbocycles. The highest BCUT2D eigenvalue weighted by Gasteiger charge is 2.08. The molecule has 0 radical (unpaired) electrons. The minimum atomic E-state index is -0.130. The van der Waals surface area contributed by atoms with Gasteiger partial charge < -0.3 is 15.8 Å². The number of nitrogen functional groups attached to an aromatic ring is 1. The standard InChI is InChI=1S/C17H18Cl2N2O2/c1-11-4-2-5-13(8-11)23-7-3-6-16(22)21-12-9-14(18)17(20)15(19)10-12/h2,4-5,8-10H,3,6-7,20H2,1H3,(H,21,22). The maximum Gasteiger partial charge on any atom is 0.224 e. The molecule has 0 saturated carbocycles. The third kappa shape index (κ3) is 5.34. The average molecular weight is 353 g/mol. The van der Waals surface area contributed by atoms with E-state index < -0.39 is 0 Å². The van der Waals surface area contributed by atoms with E-state index in [1.807, 2.05) is 31.2 Å². The second-order valence-electron chi connectivity index (χ2n) is 5.17. The third-order valence-corrected chi connectivity index (χ3v) is 3.79. The highest BCUT2D eigenvalue weighted by molar-refractivity contribution is 6.39. The van der Waals surface area contributed by atoms with Gasteiger partial charge >= 0.3 is 0 Å². The fourth-order valence-electron chi connectivity index (χ4n) is 2.01.